The molecule has 0 radical (unpaired) electrons. The summed E-state index contributed by atoms with van der Waals surface area (Å²) in [5.41, 5.74) is 9.09. The molecule has 3 rings (SSSR count). The van der Waals surface area contributed by atoms with Crippen molar-refractivity contribution in [3.8, 4) is 29.0 Å². The molecule has 0 saturated carbocycles. The van der Waals surface area contributed by atoms with E-state index in [2.05, 4.69) is 17.1 Å². The SMILES string of the molecule is COc1cccc(C(=O)CSc2nc(N)c(C#N)c(-c3ccc(C)cc3)c2C#N)c1. The molecule has 0 bridgehead atoms. The van der Waals surface area contributed by atoms with Crippen molar-refractivity contribution >= 4 is 23.4 Å². The van der Waals surface area contributed by atoms with Crippen LogP contribution in [0, 0.1) is 29.6 Å². The predicted molar refractivity (Wildman–Crippen MR) is 116 cm³/mol. The Kier molecular flexibility index (Phi) is 6.36. The van der Waals surface area contributed by atoms with E-state index in [0.29, 0.717) is 27.5 Å². The van der Waals surface area contributed by atoms with Crippen molar-refractivity contribution in [1.29, 1.82) is 10.5 Å². The molecule has 0 fully saturated rings. The molecule has 0 aliphatic heterocycles. The Morgan fingerprint density at radius 2 is 1.83 bits per heavy atom. The second kappa shape index (κ2) is 9.13. The van der Waals surface area contributed by atoms with Crippen LogP contribution in [0.3, 0.4) is 0 Å². The number of aryl methyl sites for hydroxylation is 1. The van der Waals surface area contributed by atoms with E-state index >= 15 is 0 Å². The van der Waals surface area contributed by atoms with Crippen LogP contribution in [0.5, 0.6) is 5.75 Å². The molecule has 148 valence electrons. The van der Waals surface area contributed by atoms with Crippen LogP contribution in [0.4, 0.5) is 5.82 Å². The number of benzene rings is 2. The van der Waals surface area contributed by atoms with Gasteiger partial charge < -0.3 is 10.5 Å². The first-order valence-corrected chi connectivity index (χ1v) is 9.97. The highest BCUT2D eigenvalue weighted by molar-refractivity contribution is 8.00. The topological polar surface area (TPSA) is 113 Å². The summed E-state index contributed by atoms with van der Waals surface area (Å²) in [6, 6.07) is 18.5. The zero-order valence-electron chi connectivity index (χ0n) is 16.5. The van der Waals surface area contributed by atoms with Crippen LogP contribution < -0.4 is 10.5 Å². The van der Waals surface area contributed by atoms with E-state index in [1.54, 1.807) is 24.3 Å². The van der Waals surface area contributed by atoms with Gasteiger partial charge >= 0.3 is 0 Å². The molecular weight excluding hydrogens is 396 g/mol. The van der Waals surface area contributed by atoms with Crippen molar-refractivity contribution < 1.29 is 9.53 Å². The first-order valence-electron chi connectivity index (χ1n) is 8.99. The summed E-state index contributed by atoms with van der Waals surface area (Å²) in [4.78, 5) is 16.9. The summed E-state index contributed by atoms with van der Waals surface area (Å²) < 4.78 is 5.16. The van der Waals surface area contributed by atoms with Gasteiger partial charge in [-0.15, -0.1) is 0 Å². The number of hydrogen-bond donors (Lipinski definition) is 1. The number of ether oxygens (including phenoxy) is 1. The van der Waals surface area contributed by atoms with Crippen molar-refractivity contribution in [3.63, 3.8) is 0 Å². The lowest BCUT2D eigenvalue weighted by Gasteiger charge is -2.13. The highest BCUT2D eigenvalue weighted by Crippen LogP contribution is 2.36. The fraction of sp³-hybridized carbons (Fsp3) is 0.130. The fourth-order valence-corrected chi connectivity index (χ4v) is 3.81. The Labute approximate surface area is 178 Å². The molecule has 30 heavy (non-hydrogen) atoms. The number of thioether (sulfide) groups is 1. The fourth-order valence-electron chi connectivity index (χ4n) is 2.93. The highest BCUT2D eigenvalue weighted by atomic mass is 32.2. The molecule has 7 heteroatoms. The van der Waals surface area contributed by atoms with E-state index < -0.39 is 0 Å². The monoisotopic (exact) mass is 414 g/mol. The van der Waals surface area contributed by atoms with Gasteiger partial charge in [-0.25, -0.2) is 4.98 Å². The molecule has 2 aromatic carbocycles. The van der Waals surface area contributed by atoms with E-state index in [1.165, 1.54) is 7.11 Å². The van der Waals surface area contributed by atoms with Crippen LogP contribution in [-0.4, -0.2) is 23.6 Å². The Morgan fingerprint density at radius 3 is 2.47 bits per heavy atom. The number of hydrogen-bond acceptors (Lipinski definition) is 7. The number of anilines is 1. The van der Waals surface area contributed by atoms with Crippen LogP contribution >= 0.6 is 11.8 Å². The maximum Gasteiger partial charge on any atom is 0.173 e. The third-order valence-corrected chi connectivity index (χ3v) is 5.46. The predicted octanol–water partition coefficient (Wildman–Crippen LogP) is 4.37. The Hall–Kier alpha value is -3.81. The van der Waals surface area contributed by atoms with Crippen LogP contribution in [0.2, 0.25) is 0 Å². The quantitative estimate of drug-likeness (QED) is 0.471. The molecule has 0 aliphatic rings. The van der Waals surface area contributed by atoms with Gasteiger partial charge in [0.25, 0.3) is 0 Å². The number of carbonyl (C=O) groups is 1. The molecule has 0 unspecified atom stereocenters. The van der Waals surface area contributed by atoms with Crippen LogP contribution in [-0.2, 0) is 0 Å². The summed E-state index contributed by atoms with van der Waals surface area (Å²) in [7, 11) is 1.54. The third kappa shape index (κ3) is 4.27. The average Bonchev–Trinajstić information content (AvgIpc) is 2.77. The smallest absolute Gasteiger partial charge is 0.173 e. The number of methoxy groups -OCH3 is 1. The number of nitrogens with zero attached hydrogens (tertiary/aromatic N) is 3. The lowest BCUT2D eigenvalue weighted by Crippen LogP contribution is -2.06. The summed E-state index contributed by atoms with van der Waals surface area (Å²) in [6.45, 7) is 1.95. The molecule has 0 atom stereocenters. The van der Waals surface area contributed by atoms with Gasteiger partial charge in [0.15, 0.2) is 5.78 Å². The lowest BCUT2D eigenvalue weighted by atomic mass is 9.96. The van der Waals surface area contributed by atoms with Crippen LogP contribution in [0.25, 0.3) is 11.1 Å². The molecule has 0 aliphatic carbocycles. The number of ketones is 1. The molecule has 1 heterocycles. The van der Waals surface area contributed by atoms with Gasteiger partial charge in [0.1, 0.15) is 34.3 Å². The summed E-state index contributed by atoms with van der Waals surface area (Å²) in [5.74, 6) is 0.548. The van der Waals surface area contributed by atoms with Crippen molar-refractivity contribution in [2.75, 3.05) is 18.6 Å². The normalized spacial score (nSPS) is 10.1. The van der Waals surface area contributed by atoms with Gasteiger partial charge in [-0.3, -0.25) is 4.79 Å². The first kappa shape index (κ1) is 20.9. The average molecular weight is 414 g/mol. The standard InChI is InChI=1S/C23H18N4O2S/c1-14-6-8-15(9-7-14)21-18(11-24)22(26)27-23(19(21)12-25)30-13-20(28)16-4-3-5-17(10-16)29-2/h3-10H,13H2,1-2H3,(H2,26,27). The summed E-state index contributed by atoms with van der Waals surface area (Å²) in [5, 5.41) is 19.7. The molecular formula is C23H18N4O2S. The number of nitriles is 2. The van der Waals surface area contributed by atoms with Crippen molar-refractivity contribution in [3.05, 3.63) is 70.8 Å². The van der Waals surface area contributed by atoms with Gasteiger partial charge in [-0.1, -0.05) is 53.7 Å². The van der Waals surface area contributed by atoms with Gasteiger partial charge in [0.2, 0.25) is 0 Å². The van der Waals surface area contributed by atoms with Crippen molar-refractivity contribution in [2.45, 2.75) is 11.9 Å². The van der Waals surface area contributed by atoms with E-state index in [4.69, 9.17) is 10.5 Å². The third-order valence-electron chi connectivity index (χ3n) is 4.49. The van der Waals surface area contributed by atoms with Crippen molar-refractivity contribution in [1.82, 2.24) is 4.98 Å². The number of rotatable bonds is 6. The van der Waals surface area contributed by atoms with Gasteiger partial charge in [0.05, 0.1) is 18.4 Å². The molecule has 3 aromatic rings. The molecule has 6 nitrogen and oxygen atoms in total. The number of carbonyl (C=O) groups excluding carboxylic acids is 1. The number of pyridine rings is 1. The zero-order valence-corrected chi connectivity index (χ0v) is 17.3. The van der Waals surface area contributed by atoms with Crippen molar-refractivity contribution in [2.24, 2.45) is 0 Å². The van der Waals surface area contributed by atoms with Crippen LogP contribution in [0.15, 0.2) is 53.6 Å². The van der Waals surface area contributed by atoms with Crippen LogP contribution in [0.1, 0.15) is 27.0 Å². The lowest BCUT2D eigenvalue weighted by molar-refractivity contribution is 0.102. The Balaban J connectivity index is 1.99. The highest BCUT2D eigenvalue weighted by Gasteiger charge is 2.21. The number of nitrogen functional groups attached to an aromatic ring is 1. The van der Waals surface area contributed by atoms with Gasteiger partial charge in [0, 0.05) is 11.1 Å². The second-order valence-corrected chi connectivity index (χ2v) is 7.42. The molecule has 2 N–H and O–H groups in total. The maximum atomic E-state index is 12.6. The van der Waals surface area contributed by atoms with E-state index in [0.717, 1.165) is 17.3 Å². The first-order chi connectivity index (χ1) is 14.5. The largest absolute Gasteiger partial charge is 0.497 e. The Morgan fingerprint density at radius 1 is 1.13 bits per heavy atom. The van der Waals surface area contributed by atoms with Gasteiger partial charge in [-0.05, 0) is 24.6 Å². The van der Waals surface area contributed by atoms with E-state index in [1.807, 2.05) is 31.2 Å². The number of Topliss-reactive ketones (excluding diaryl/α,β-unsaturated/α-hetero) is 1. The number of nitrogens with two attached hydrogens (primary N) is 1. The summed E-state index contributed by atoms with van der Waals surface area (Å²) in [6.07, 6.45) is 0. The molecule has 0 amide bonds. The second-order valence-electron chi connectivity index (χ2n) is 6.46. The Bertz CT molecular complexity index is 1190. The molecule has 0 spiro atoms. The minimum absolute atomic E-state index is 0.0309. The van der Waals surface area contributed by atoms with E-state index in [9.17, 15) is 15.3 Å². The van der Waals surface area contributed by atoms with Gasteiger partial charge in [-0.2, -0.15) is 10.5 Å². The van der Waals surface area contributed by atoms with E-state index in [-0.39, 0.29) is 28.5 Å². The maximum absolute atomic E-state index is 12.6. The summed E-state index contributed by atoms with van der Waals surface area (Å²) >= 11 is 1.12. The zero-order chi connectivity index (χ0) is 21.7. The molecule has 1 aromatic heterocycles. The number of aromatic nitrogens is 1. The minimum atomic E-state index is -0.135. The molecule has 0 saturated heterocycles. The minimum Gasteiger partial charge on any atom is -0.497 e.